The predicted octanol–water partition coefficient (Wildman–Crippen LogP) is 4.56. The Morgan fingerprint density at radius 3 is 2.04 bits per heavy atom. The zero-order chi connectivity index (χ0) is 15.9. The van der Waals surface area contributed by atoms with Crippen molar-refractivity contribution < 1.29 is 112 Å². The van der Waals surface area contributed by atoms with Gasteiger partial charge in [-0.3, -0.25) is 4.57 Å². The van der Waals surface area contributed by atoms with E-state index in [9.17, 15) is 9.67 Å². The molecular formula is C19H14O3PY3-. The summed E-state index contributed by atoms with van der Waals surface area (Å²) in [7, 11) is -3.18. The van der Waals surface area contributed by atoms with Crippen LogP contribution in [0.4, 0.5) is 0 Å². The molecule has 3 aromatic rings. The SMILES string of the molecule is O=P1([CH-]c2ccc(O)cc2)Oc2ccccc2-c2ccccc21.[Y].[Y].[Y]. The molecule has 0 saturated heterocycles. The summed E-state index contributed by atoms with van der Waals surface area (Å²) < 4.78 is 19.5. The van der Waals surface area contributed by atoms with Gasteiger partial charge < -0.3 is 9.63 Å². The van der Waals surface area contributed by atoms with Crippen LogP contribution in [-0.2, 0) is 103 Å². The van der Waals surface area contributed by atoms with E-state index in [4.69, 9.17) is 4.52 Å². The smallest absolute Gasteiger partial charge is 0.250 e. The van der Waals surface area contributed by atoms with E-state index in [1.54, 1.807) is 30.4 Å². The van der Waals surface area contributed by atoms with Crippen LogP contribution in [0.25, 0.3) is 11.1 Å². The Labute approximate surface area is 228 Å². The monoisotopic (exact) mass is 588 g/mol. The van der Waals surface area contributed by atoms with E-state index in [1.807, 2.05) is 48.5 Å². The quantitative estimate of drug-likeness (QED) is 0.353. The van der Waals surface area contributed by atoms with Gasteiger partial charge in [0.2, 0.25) is 0 Å². The van der Waals surface area contributed by atoms with Crippen LogP contribution in [0.1, 0.15) is 5.56 Å². The minimum atomic E-state index is -3.18. The topological polar surface area (TPSA) is 46.5 Å². The molecule has 123 valence electrons. The van der Waals surface area contributed by atoms with Crippen LogP contribution >= 0.6 is 7.37 Å². The molecule has 3 aromatic carbocycles. The van der Waals surface area contributed by atoms with Crippen LogP contribution in [0.3, 0.4) is 0 Å². The maximum atomic E-state index is 13.5. The zero-order valence-corrected chi connectivity index (χ0v) is 23.4. The first-order chi connectivity index (χ1) is 11.2. The first-order valence-electron chi connectivity index (χ1n) is 7.29. The van der Waals surface area contributed by atoms with E-state index in [2.05, 4.69) is 0 Å². The summed E-state index contributed by atoms with van der Waals surface area (Å²) in [5, 5.41) is 10.1. The molecule has 1 aliphatic rings. The molecule has 3 radical (unpaired) electrons. The Kier molecular flexibility index (Phi) is 9.93. The van der Waals surface area contributed by atoms with Gasteiger partial charge >= 0.3 is 0 Å². The number of rotatable bonds is 2. The minimum absolute atomic E-state index is 0. The van der Waals surface area contributed by atoms with Gasteiger partial charge in [0.05, 0.1) is 5.75 Å². The third-order valence-electron chi connectivity index (χ3n) is 3.86. The Hall–Kier alpha value is 0.672. The molecule has 4 rings (SSSR count). The molecule has 0 bridgehead atoms. The molecule has 1 N–H and O–H groups in total. The van der Waals surface area contributed by atoms with Gasteiger partial charge in [-0.15, -0.1) is 0 Å². The summed E-state index contributed by atoms with van der Waals surface area (Å²) in [4.78, 5) is 0. The number of phenols is 1. The number of hydrogen-bond acceptors (Lipinski definition) is 3. The fraction of sp³-hybridized carbons (Fsp3) is 0. The fourth-order valence-corrected chi connectivity index (χ4v) is 4.92. The van der Waals surface area contributed by atoms with Gasteiger partial charge in [0, 0.05) is 109 Å². The number of hydrogen-bond donors (Lipinski definition) is 1. The van der Waals surface area contributed by atoms with Crippen molar-refractivity contribution in [1.82, 2.24) is 0 Å². The molecule has 0 saturated carbocycles. The Bertz CT molecular complexity index is 929. The van der Waals surface area contributed by atoms with Crippen LogP contribution in [0.15, 0.2) is 72.8 Å². The summed E-state index contributed by atoms with van der Waals surface area (Å²) in [6.45, 7) is 0. The Balaban J connectivity index is 0.00000113. The van der Waals surface area contributed by atoms with E-state index < -0.39 is 7.37 Å². The molecule has 1 aliphatic heterocycles. The van der Waals surface area contributed by atoms with Gasteiger partial charge in [-0.2, -0.15) is 17.7 Å². The van der Waals surface area contributed by atoms with Gasteiger partial charge in [0.25, 0.3) is 7.37 Å². The van der Waals surface area contributed by atoms with Crippen LogP contribution in [0, 0.1) is 6.16 Å². The van der Waals surface area contributed by atoms with Gasteiger partial charge in [-0.1, -0.05) is 54.7 Å². The standard InChI is InChI=1S/C19H14O3P.3Y/c20-15-11-9-14(10-12-15)13-23(21)19-8-4-2-6-17(19)16-5-1-3-7-18(16)22-23;;;/h1-13,20H;;;/q-1;;;. The number of fused-ring (bicyclic) bond motifs is 3. The average molecular weight is 588 g/mol. The van der Waals surface area contributed by atoms with E-state index >= 15 is 0 Å². The van der Waals surface area contributed by atoms with Crippen LogP contribution in [-0.4, -0.2) is 5.11 Å². The van der Waals surface area contributed by atoms with Crippen molar-refractivity contribution >= 4 is 12.7 Å². The van der Waals surface area contributed by atoms with Gasteiger partial charge in [0.15, 0.2) is 0 Å². The van der Waals surface area contributed by atoms with Gasteiger partial charge in [0.1, 0.15) is 5.75 Å². The van der Waals surface area contributed by atoms with Crippen molar-refractivity contribution in [2.75, 3.05) is 0 Å². The van der Waals surface area contributed by atoms with Gasteiger partial charge in [-0.05, 0) is 17.7 Å². The molecule has 3 nitrogen and oxygen atoms in total. The third kappa shape index (κ3) is 4.98. The number of aromatic hydroxyl groups is 1. The molecule has 1 atom stereocenters. The van der Waals surface area contributed by atoms with E-state index in [-0.39, 0.29) is 104 Å². The van der Waals surface area contributed by atoms with E-state index in [0.29, 0.717) is 11.1 Å². The normalized spacial score (nSPS) is 16.3. The molecule has 7 heteroatoms. The van der Waals surface area contributed by atoms with Crippen molar-refractivity contribution in [1.29, 1.82) is 0 Å². The molecule has 1 heterocycles. The van der Waals surface area contributed by atoms with Crippen molar-refractivity contribution in [3.8, 4) is 22.6 Å². The number of phenolic OH excluding ortho intramolecular Hbond substituents is 1. The van der Waals surface area contributed by atoms with E-state index in [0.717, 1.165) is 16.7 Å². The molecular weight excluding hydrogens is 574 g/mol. The maximum Gasteiger partial charge on any atom is 0.250 e. The van der Waals surface area contributed by atoms with Crippen molar-refractivity contribution in [2.45, 2.75) is 0 Å². The molecule has 0 aliphatic carbocycles. The number of para-hydroxylation sites is 1. The zero-order valence-electron chi connectivity index (χ0n) is 13.9. The van der Waals surface area contributed by atoms with Crippen molar-refractivity contribution in [3.63, 3.8) is 0 Å². The second-order valence-corrected chi connectivity index (χ2v) is 7.54. The fourth-order valence-electron chi connectivity index (χ4n) is 2.79. The molecule has 1 unspecified atom stereocenters. The molecule has 0 spiro atoms. The maximum absolute atomic E-state index is 13.5. The second-order valence-electron chi connectivity index (χ2n) is 5.42. The van der Waals surface area contributed by atoms with Gasteiger partial charge in [-0.25, -0.2) is 0 Å². The predicted molar refractivity (Wildman–Crippen MR) is 91.3 cm³/mol. The second kappa shape index (κ2) is 10.4. The third-order valence-corrected chi connectivity index (χ3v) is 6.03. The van der Waals surface area contributed by atoms with Crippen LogP contribution in [0.2, 0.25) is 0 Å². The first-order valence-corrected chi connectivity index (χ1v) is 8.98. The summed E-state index contributed by atoms with van der Waals surface area (Å²) >= 11 is 0. The van der Waals surface area contributed by atoms with E-state index in [1.165, 1.54) is 0 Å². The largest absolute Gasteiger partial charge is 0.510 e. The van der Waals surface area contributed by atoms with Crippen molar-refractivity contribution in [3.05, 3.63) is 84.5 Å². The Morgan fingerprint density at radius 2 is 1.35 bits per heavy atom. The average Bonchev–Trinajstić information content (AvgIpc) is 2.57. The first kappa shape index (κ1) is 24.7. The van der Waals surface area contributed by atoms with Crippen molar-refractivity contribution in [2.24, 2.45) is 0 Å². The number of benzene rings is 3. The van der Waals surface area contributed by atoms with Crippen LogP contribution in [0.5, 0.6) is 11.5 Å². The molecule has 26 heavy (non-hydrogen) atoms. The molecule has 0 fully saturated rings. The van der Waals surface area contributed by atoms with Crippen LogP contribution < -0.4 is 9.83 Å². The summed E-state index contributed by atoms with van der Waals surface area (Å²) in [5.74, 6) is 0.806. The summed E-state index contributed by atoms with van der Waals surface area (Å²) in [6, 6.07) is 21.8. The molecule has 0 amide bonds. The molecule has 0 aromatic heterocycles. The minimum Gasteiger partial charge on any atom is -0.510 e. The summed E-state index contributed by atoms with van der Waals surface area (Å²) in [6.07, 6.45) is 1.65. The summed E-state index contributed by atoms with van der Waals surface area (Å²) in [5.41, 5.74) is 2.64. The Morgan fingerprint density at radius 1 is 0.769 bits per heavy atom.